The molecule has 1 atom stereocenters. The van der Waals surface area contributed by atoms with Crippen LogP contribution in [0, 0.1) is 6.92 Å². The molecule has 0 unspecified atom stereocenters. The number of carbonyl (C=O) groups is 1. The normalized spacial score (nSPS) is 16.9. The Bertz CT molecular complexity index is 654. The number of hydrogen-bond donors (Lipinski definition) is 1. The van der Waals surface area contributed by atoms with Crippen molar-refractivity contribution in [3.05, 3.63) is 65.0 Å². The number of nitrogens with zero attached hydrogens (tertiary/aromatic N) is 1. The second-order valence-electron chi connectivity index (χ2n) is 5.60. The van der Waals surface area contributed by atoms with Gasteiger partial charge in [-0.2, -0.15) is 11.8 Å². The number of amides is 1. The first-order valence-electron chi connectivity index (χ1n) is 7.60. The summed E-state index contributed by atoms with van der Waals surface area (Å²) in [5.41, 5.74) is 4.72. The Labute approximate surface area is 135 Å². The third kappa shape index (κ3) is 3.69. The van der Waals surface area contributed by atoms with E-state index in [1.165, 1.54) is 11.1 Å². The molecule has 3 rings (SSSR count). The number of aryl methyl sites for hydroxylation is 2. The average Bonchev–Trinajstić information content (AvgIpc) is 2.55. The summed E-state index contributed by atoms with van der Waals surface area (Å²) in [5, 5.41) is 3.43. The number of hydrogen-bond acceptors (Lipinski definition) is 3. The smallest absolute Gasteiger partial charge is 0.224 e. The zero-order valence-corrected chi connectivity index (χ0v) is 13.5. The average molecular weight is 312 g/mol. The molecular formula is C18H20N2OS. The first kappa shape index (κ1) is 15.1. The number of aromatic nitrogens is 1. The van der Waals surface area contributed by atoms with Gasteiger partial charge >= 0.3 is 0 Å². The summed E-state index contributed by atoms with van der Waals surface area (Å²) in [5.74, 6) is 1.19. The largest absolute Gasteiger partial charge is 0.354 e. The van der Waals surface area contributed by atoms with Gasteiger partial charge in [0, 0.05) is 23.7 Å². The van der Waals surface area contributed by atoms with Crippen molar-refractivity contribution in [3.63, 3.8) is 0 Å². The maximum atomic E-state index is 12.1. The topological polar surface area (TPSA) is 42.0 Å². The molecule has 114 valence electrons. The number of thioether (sulfide) groups is 1. The molecule has 1 aromatic carbocycles. The van der Waals surface area contributed by atoms with Gasteiger partial charge in [-0.05, 0) is 41.9 Å². The summed E-state index contributed by atoms with van der Waals surface area (Å²) in [6.07, 6.45) is 3.30. The maximum Gasteiger partial charge on any atom is 0.224 e. The number of nitrogens with one attached hydrogen (secondary N) is 1. The second kappa shape index (κ2) is 6.97. The summed E-state index contributed by atoms with van der Waals surface area (Å²) in [4.78, 5) is 16.3. The van der Waals surface area contributed by atoms with E-state index in [-0.39, 0.29) is 5.91 Å². The Kier molecular flexibility index (Phi) is 4.78. The van der Waals surface area contributed by atoms with Crippen LogP contribution in [0.15, 0.2) is 42.6 Å². The molecule has 0 fully saturated rings. The van der Waals surface area contributed by atoms with E-state index in [4.69, 9.17) is 0 Å². The third-order valence-electron chi connectivity index (χ3n) is 3.91. The van der Waals surface area contributed by atoms with Crippen molar-refractivity contribution < 1.29 is 4.79 Å². The van der Waals surface area contributed by atoms with Crippen LogP contribution in [-0.2, 0) is 17.6 Å². The van der Waals surface area contributed by atoms with Crippen molar-refractivity contribution in [2.75, 3.05) is 12.3 Å². The molecular weight excluding hydrogens is 292 g/mol. The van der Waals surface area contributed by atoms with Gasteiger partial charge in [0.2, 0.25) is 5.91 Å². The number of rotatable bonds is 4. The fraction of sp³-hybridized carbons (Fsp3) is 0.333. The molecule has 0 radical (unpaired) electrons. The van der Waals surface area contributed by atoms with Crippen LogP contribution in [0.2, 0.25) is 0 Å². The first-order valence-corrected chi connectivity index (χ1v) is 8.65. The highest BCUT2D eigenvalue weighted by Crippen LogP contribution is 2.35. The minimum atomic E-state index is 0.0642. The van der Waals surface area contributed by atoms with Crippen LogP contribution in [0.3, 0.4) is 0 Å². The molecule has 2 aromatic rings. The van der Waals surface area contributed by atoms with Crippen LogP contribution >= 0.6 is 11.8 Å². The Morgan fingerprint density at radius 2 is 2.18 bits per heavy atom. The van der Waals surface area contributed by atoms with Crippen molar-refractivity contribution >= 4 is 17.7 Å². The minimum absolute atomic E-state index is 0.0642. The standard InChI is InChI=1S/C18H20N2OS/c1-13-6-7-14(11-19-13)10-18(21)20-12-17-16-5-3-2-4-15(16)8-9-22-17/h2-7,11,17H,8-10,12H2,1H3,(H,20,21)/t17-/m0/s1. The minimum Gasteiger partial charge on any atom is -0.354 e. The third-order valence-corrected chi connectivity index (χ3v) is 5.18. The molecule has 1 amide bonds. The number of pyridine rings is 1. The first-order chi connectivity index (χ1) is 10.7. The van der Waals surface area contributed by atoms with Crippen LogP contribution in [0.1, 0.15) is 27.6 Å². The molecule has 22 heavy (non-hydrogen) atoms. The molecule has 1 aromatic heterocycles. The quantitative estimate of drug-likeness (QED) is 0.943. The van der Waals surface area contributed by atoms with Crippen molar-refractivity contribution in [2.45, 2.75) is 25.0 Å². The number of carbonyl (C=O) groups excluding carboxylic acids is 1. The molecule has 0 saturated carbocycles. The van der Waals surface area contributed by atoms with Crippen molar-refractivity contribution in [3.8, 4) is 0 Å². The zero-order valence-electron chi connectivity index (χ0n) is 12.7. The lowest BCUT2D eigenvalue weighted by Gasteiger charge is -2.25. The Hall–Kier alpha value is -1.81. The van der Waals surface area contributed by atoms with Crippen LogP contribution in [0.5, 0.6) is 0 Å². The van der Waals surface area contributed by atoms with Crippen LogP contribution in [-0.4, -0.2) is 23.2 Å². The predicted octanol–water partition coefficient (Wildman–Crippen LogP) is 3.08. The molecule has 0 aliphatic carbocycles. The summed E-state index contributed by atoms with van der Waals surface area (Å²) in [7, 11) is 0. The van der Waals surface area contributed by atoms with E-state index < -0.39 is 0 Å². The fourth-order valence-electron chi connectivity index (χ4n) is 2.70. The van der Waals surface area contributed by atoms with Gasteiger partial charge in [0.15, 0.2) is 0 Å². The van der Waals surface area contributed by atoms with Crippen molar-refractivity contribution in [1.29, 1.82) is 0 Å². The molecule has 0 bridgehead atoms. The van der Waals surface area contributed by atoms with Gasteiger partial charge in [-0.15, -0.1) is 0 Å². The van der Waals surface area contributed by atoms with Crippen molar-refractivity contribution in [1.82, 2.24) is 10.3 Å². The van der Waals surface area contributed by atoms with Gasteiger partial charge in [-0.1, -0.05) is 30.3 Å². The van der Waals surface area contributed by atoms with E-state index >= 15 is 0 Å². The van der Waals surface area contributed by atoms with Crippen LogP contribution in [0.4, 0.5) is 0 Å². The Morgan fingerprint density at radius 3 is 3.00 bits per heavy atom. The van der Waals surface area contributed by atoms with E-state index in [1.54, 1.807) is 6.20 Å². The summed E-state index contributed by atoms with van der Waals surface area (Å²) >= 11 is 1.93. The predicted molar refractivity (Wildman–Crippen MR) is 91.0 cm³/mol. The summed E-state index contributed by atoms with van der Waals surface area (Å²) in [6.45, 7) is 2.64. The summed E-state index contributed by atoms with van der Waals surface area (Å²) in [6, 6.07) is 12.5. The molecule has 1 aliphatic rings. The van der Waals surface area contributed by atoms with E-state index in [1.807, 2.05) is 30.8 Å². The van der Waals surface area contributed by atoms with Crippen LogP contribution < -0.4 is 5.32 Å². The van der Waals surface area contributed by atoms with E-state index in [2.05, 4.69) is 34.6 Å². The second-order valence-corrected chi connectivity index (χ2v) is 6.91. The van der Waals surface area contributed by atoms with E-state index in [0.29, 0.717) is 18.2 Å². The van der Waals surface area contributed by atoms with Gasteiger partial charge in [0.25, 0.3) is 0 Å². The van der Waals surface area contributed by atoms with Crippen molar-refractivity contribution in [2.24, 2.45) is 0 Å². The van der Waals surface area contributed by atoms with Gasteiger partial charge in [-0.25, -0.2) is 0 Å². The van der Waals surface area contributed by atoms with Gasteiger partial charge < -0.3 is 5.32 Å². The summed E-state index contributed by atoms with van der Waals surface area (Å²) < 4.78 is 0. The highest BCUT2D eigenvalue weighted by molar-refractivity contribution is 7.99. The van der Waals surface area contributed by atoms with Gasteiger partial charge in [-0.3, -0.25) is 9.78 Å². The highest BCUT2D eigenvalue weighted by Gasteiger charge is 2.20. The zero-order chi connectivity index (χ0) is 15.4. The highest BCUT2D eigenvalue weighted by atomic mass is 32.2. The molecule has 1 aliphatic heterocycles. The van der Waals surface area contributed by atoms with Gasteiger partial charge in [0.1, 0.15) is 0 Å². The molecule has 2 heterocycles. The lowest BCUT2D eigenvalue weighted by atomic mass is 10.0. The molecule has 3 nitrogen and oxygen atoms in total. The maximum absolute atomic E-state index is 12.1. The van der Waals surface area contributed by atoms with E-state index in [9.17, 15) is 4.79 Å². The Morgan fingerprint density at radius 1 is 1.32 bits per heavy atom. The monoisotopic (exact) mass is 312 g/mol. The van der Waals surface area contributed by atoms with Crippen LogP contribution in [0.25, 0.3) is 0 Å². The molecule has 0 saturated heterocycles. The molecule has 4 heteroatoms. The fourth-order valence-corrected chi connectivity index (χ4v) is 3.94. The number of benzene rings is 1. The molecule has 1 N–H and O–H groups in total. The number of fused-ring (bicyclic) bond motifs is 1. The molecule has 0 spiro atoms. The SMILES string of the molecule is Cc1ccc(CC(=O)NC[C@@H]2SCCc3ccccc32)cn1. The lowest BCUT2D eigenvalue weighted by molar-refractivity contribution is -0.120. The Balaban J connectivity index is 1.56. The van der Waals surface area contributed by atoms with E-state index in [0.717, 1.165) is 23.4 Å². The van der Waals surface area contributed by atoms with Gasteiger partial charge in [0.05, 0.1) is 6.42 Å². The lowest BCUT2D eigenvalue weighted by Crippen LogP contribution is -2.30.